The minimum absolute atomic E-state index is 0.0885. The summed E-state index contributed by atoms with van der Waals surface area (Å²) >= 11 is 1.58. The van der Waals surface area contributed by atoms with Crippen LogP contribution < -0.4 is 0 Å². The molecule has 1 unspecified atom stereocenters. The van der Waals surface area contributed by atoms with Gasteiger partial charge in [0, 0.05) is 17.6 Å². The topological polar surface area (TPSA) is 53.5 Å². The summed E-state index contributed by atoms with van der Waals surface area (Å²) in [6, 6.07) is -0.219. The molecule has 6 heteroatoms. The zero-order chi connectivity index (χ0) is 13.4. The number of piperazine rings is 1. The minimum Gasteiger partial charge on any atom is -0.329 e. The number of aryl methyl sites for hydroxylation is 1. The Bertz CT molecular complexity index is 514. The van der Waals surface area contributed by atoms with Gasteiger partial charge < -0.3 is 9.80 Å². The first-order chi connectivity index (χ1) is 9.15. The van der Waals surface area contributed by atoms with Crippen LogP contribution in [0.15, 0.2) is 6.20 Å². The molecule has 2 amide bonds. The monoisotopic (exact) mass is 279 g/mol. The molecule has 2 aliphatic heterocycles. The maximum absolute atomic E-state index is 12.4. The van der Waals surface area contributed by atoms with Crippen molar-refractivity contribution < 1.29 is 9.59 Å². The van der Waals surface area contributed by atoms with Crippen LogP contribution in [0.4, 0.5) is 0 Å². The van der Waals surface area contributed by atoms with Crippen molar-refractivity contribution in [2.24, 2.45) is 0 Å². The Morgan fingerprint density at radius 2 is 2.26 bits per heavy atom. The van der Waals surface area contributed by atoms with Crippen LogP contribution in [-0.2, 0) is 16.1 Å². The summed E-state index contributed by atoms with van der Waals surface area (Å²) in [5, 5.41) is 0.991. The quantitative estimate of drug-likeness (QED) is 0.816. The van der Waals surface area contributed by atoms with Gasteiger partial charge in [-0.05, 0) is 26.2 Å². The van der Waals surface area contributed by atoms with Gasteiger partial charge in [-0.2, -0.15) is 0 Å². The molecule has 2 fully saturated rings. The zero-order valence-electron chi connectivity index (χ0n) is 11.0. The lowest BCUT2D eigenvalue weighted by molar-refractivity contribution is -0.158. The van der Waals surface area contributed by atoms with Gasteiger partial charge in [0.25, 0.3) is 0 Å². The first-order valence-electron chi connectivity index (χ1n) is 6.65. The molecule has 19 heavy (non-hydrogen) atoms. The summed E-state index contributed by atoms with van der Waals surface area (Å²) in [6.45, 7) is 3.41. The predicted molar refractivity (Wildman–Crippen MR) is 71.6 cm³/mol. The van der Waals surface area contributed by atoms with Crippen molar-refractivity contribution in [3.05, 3.63) is 16.1 Å². The number of piperidine rings is 1. The van der Waals surface area contributed by atoms with Gasteiger partial charge in [0.05, 0.1) is 11.6 Å². The summed E-state index contributed by atoms with van der Waals surface area (Å²) in [7, 11) is 0. The molecule has 0 spiro atoms. The van der Waals surface area contributed by atoms with Crippen LogP contribution in [0.25, 0.3) is 0 Å². The first kappa shape index (κ1) is 12.6. The van der Waals surface area contributed by atoms with Crippen LogP contribution in [-0.4, -0.2) is 45.7 Å². The molecule has 0 aliphatic carbocycles. The third kappa shape index (κ3) is 2.36. The smallest absolute Gasteiger partial charge is 0.246 e. The Morgan fingerprint density at radius 3 is 3.00 bits per heavy atom. The number of amides is 2. The second-order valence-electron chi connectivity index (χ2n) is 5.14. The highest BCUT2D eigenvalue weighted by molar-refractivity contribution is 7.11. The average molecular weight is 279 g/mol. The van der Waals surface area contributed by atoms with E-state index in [-0.39, 0.29) is 24.4 Å². The zero-order valence-corrected chi connectivity index (χ0v) is 11.8. The lowest BCUT2D eigenvalue weighted by Crippen LogP contribution is -2.60. The standard InChI is InChI=1S/C13H17N3O2S/c1-9-14-6-10(19-9)7-15-8-12(17)16-5-3-2-4-11(16)13(15)18/h6,11H,2-5,7-8H2,1H3. The van der Waals surface area contributed by atoms with Gasteiger partial charge >= 0.3 is 0 Å². The van der Waals surface area contributed by atoms with E-state index in [0.29, 0.717) is 6.54 Å². The van der Waals surface area contributed by atoms with Crippen molar-refractivity contribution in [2.75, 3.05) is 13.1 Å². The number of carbonyl (C=O) groups excluding carboxylic acids is 2. The van der Waals surface area contributed by atoms with E-state index in [1.165, 1.54) is 0 Å². The Labute approximate surface area is 116 Å². The maximum Gasteiger partial charge on any atom is 0.246 e. The number of fused-ring (bicyclic) bond motifs is 1. The molecule has 2 aliphatic rings. The van der Waals surface area contributed by atoms with E-state index in [0.717, 1.165) is 35.7 Å². The van der Waals surface area contributed by atoms with Crippen molar-refractivity contribution in [3.63, 3.8) is 0 Å². The summed E-state index contributed by atoms with van der Waals surface area (Å²) in [4.78, 5) is 33.2. The highest BCUT2D eigenvalue weighted by Gasteiger charge is 2.40. The third-order valence-corrected chi connectivity index (χ3v) is 4.66. The first-order valence-corrected chi connectivity index (χ1v) is 7.46. The molecule has 2 saturated heterocycles. The van der Waals surface area contributed by atoms with Crippen molar-refractivity contribution in [1.82, 2.24) is 14.8 Å². The summed E-state index contributed by atoms with van der Waals surface area (Å²) in [5.41, 5.74) is 0. The number of thiazole rings is 1. The molecule has 1 aromatic rings. The largest absolute Gasteiger partial charge is 0.329 e. The van der Waals surface area contributed by atoms with Gasteiger partial charge in [0.1, 0.15) is 12.6 Å². The molecule has 1 aromatic heterocycles. The normalized spacial score (nSPS) is 23.7. The van der Waals surface area contributed by atoms with Crippen molar-refractivity contribution in [2.45, 2.75) is 38.8 Å². The van der Waals surface area contributed by atoms with Gasteiger partial charge in [-0.25, -0.2) is 4.98 Å². The van der Waals surface area contributed by atoms with Crippen LogP contribution in [0.5, 0.6) is 0 Å². The molecule has 3 heterocycles. The summed E-state index contributed by atoms with van der Waals surface area (Å²) < 4.78 is 0. The number of nitrogens with zero attached hydrogens (tertiary/aromatic N) is 3. The number of aromatic nitrogens is 1. The fourth-order valence-corrected chi connectivity index (χ4v) is 3.64. The van der Waals surface area contributed by atoms with Crippen molar-refractivity contribution >= 4 is 23.2 Å². The number of hydrogen-bond acceptors (Lipinski definition) is 4. The maximum atomic E-state index is 12.4. The van der Waals surface area contributed by atoms with Gasteiger partial charge in [0.15, 0.2) is 0 Å². The van der Waals surface area contributed by atoms with Gasteiger partial charge in [-0.3, -0.25) is 9.59 Å². The molecule has 5 nitrogen and oxygen atoms in total. The molecule has 0 bridgehead atoms. The predicted octanol–water partition coefficient (Wildman–Crippen LogP) is 1.17. The van der Waals surface area contributed by atoms with E-state index in [1.54, 1.807) is 27.3 Å². The number of carbonyl (C=O) groups is 2. The third-order valence-electron chi connectivity index (χ3n) is 3.76. The van der Waals surface area contributed by atoms with E-state index in [1.807, 2.05) is 6.92 Å². The Hall–Kier alpha value is -1.43. The van der Waals surface area contributed by atoms with Crippen LogP contribution in [0.3, 0.4) is 0 Å². The van der Waals surface area contributed by atoms with Crippen molar-refractivity contribution in [3.8, 4) is 0 Å². The van der Waals surface area contributed by atoms with Crippen molar-refractivity contribution in [1.29, 1.82) is 0 Å². The lowest BCUT2D eigenvalue weighted by atomic mass is 9.98. The molecule has 0 aromatic carbocycles. The summed E-state index contributed by atoms with van der Waals surface area (Å²) in [6.07, 6.45) is 4.66. The molecule has 102 valence electrons. The Morgan fingerprint density at radius 1 is 1.42 bits per heavy atom. The number of rotatable bonds is 2. The van der Waals surface area contributed by atoms with E-state index in [4.69, 9.17) is 0 Å². The van der Waals surface area contributed by atoms with E-state index in [2.05, 4.69) is 4.98 Å². The van der Waals surface area contributed by atoms with Gasteiger partial charge in [-0.1, -0.05) is 0 Å². The molecule has 0 N–H and O–H groups in total. The van der Waals surface area contributed by atoms with E-state index < -0.39 is 0 Å². The molecule has 0 radical (unpaired) electrons. The lowest BCUT2D eigenvalue weighted by Gasteiger charge is -2.42. The second-order valence-corrected chi connectivity index (χ2v) is 6.46. The fraction of sp³-hybridized carbons (Fsp3) is 0.615. The Kier molecular flexibility index (Phi) is 3.26. The average Bonchev–Trinajstić information content (AvgIpc) is 2.81. The molecular formula is C13H17N3O2S. The van der Waals surface area contributed by atoms with E-state index in [9.17, 15) is 9.59 Å². The van der Waals surface area contributed by atoms with Crippen LogP contribution in [0, 0.1) is 6.92 Å². The minimum atomic E-state index is -0.219. The highest BCUT2D eigenvalue weighted by Crippen LogP contribution is 2.25. The van der Waals surface area contributed by atoms with E-state index >= 15 is 0 Å². The summed E-state index contributed by atoms with van der Waals surface area (Å²) in [5.74, 6) is 0.191. The van der Waals surface area contributed by atoms with Gasteiger partial charge in [0.2, 0.25) is 11.8 Å². The Balaban J connectivity index is 1.75. The molecule has 1 atom stereocenters. The SMILES string of the molecule is Cc1ncc(CN2CC(=O)N3CCCCC3C2=O)s1. The molecule has 0 saturated carbocycles. The fourth-order valence-electron chi connectivity index (χ4n) is 2.83. The van der Waals surface area contributed by atoms with Gasteiger partial charge in [-0.15, -0.1) is 11.3 Å². The van der Waals surface area contributed by atoms with Crippen LogP contribution in [0.1, 0.15) is 29.1 Å². The van der Waals surface area contributed by atoms with Crippen LogP contribution in [0.2, 0.25) is 0 Å². The highest BCUT2D eigenvalue weighted by atomic mass is 32.1. The number of hydrogen-bond donors (Lipinski definition) is 0. The second kappa shape index (κ2) is 4.92. The van der Waals surface area contributed by atoms with Crippen LogP contribution >= 0.6 is 11.3 Å². The molecular weight excluding hydrogens is 262 g/mol. The molecule has 3 rings (SSSR count).